The first kappa shape index (κ1) is 10.2. The van der Waals surface area contributed by atoms with E-state index in [1.165, 1.54) is 20.1 Å². The quantitative estimate of drug-likeness (QED) is 0.744. The lowest BCUT2D eigenvalue weighted by molar-refractivity contribution is 0.150. The number of ether oxygens (including phenoxy) is 1. The molecule has 5 heteroatoms. The van der Waals surface area contributed by atoms with Gasteiger partial charge in [0.2, 0.25) is 5.88 Å². The van der Waals surface area contributed by atoms with Crippen molar-refractivity contribution in [1.82, 2.24) is 4.98 Å². The molecule has 0 fully saturated rings. The maximum absolute atomic E-state index is 12.3. The van der Waals surface area contributed by atoms with Gasteiger partial charge in [0, 0.05) is 5.56 Å². The Balaban J connectivity index is 3.20. The molecule has 0 aliphatic carbocycles. The molecule has 1 aromatic rings. The first-order chi connectivity index (χ1) is 6.06. The summed E-state index contributed by atoms with van der Waals surface area (Å²) in [4.78, 5) is 3.78. The highest BCUT2D eigenvalue weighted by molar-refractivity contribution is 6.31. The van der Waals surface area contributed by atoms with Crippen molar-refractivity contribution < 1.29 is 13.5 Å². The van der Waals surface area contributed by atoms with Crippen molar-refractivity contribution in [1.29, 1.82) is 0 Å². The van der Waals surface area contributed by atoms with Gasteiger partial charge >= 0.3 is 0 Å². The molecule has 0 radical (unpaired) electrons. The van der Waals surface area contributed by atoms with Crippen LogP contribution in [0.1, 0.15) is 17.7 Å². The summed E-state index contributed by atoms with van der Waals surface area (Å²) in [5, 5.41) is 0.100. The Morgan fingerprint density at radius 1 is 1.54 bits per heavy atom. The number of alkyl halides is 2. The van der Waals surface area contributed by atoms with Crippen LogP contribution in [0, 0.1) is 6.92 Å². The summed E-state index contributed by atoms with van der Waals surface area (Å²) in [5.74, 6) is 0.170. The first-order valence-electron chi connectivity index (χ1n) is 3.55. The molecule has 0 saturated heterocycles. The maximum Gasteiger partial charge on any atom is 0.265 e. The standard InChI is InChI=1S/C8H8ClF2NO/c1-4-5(7(10)11)3-6(9)8(12-4)13-2/h3,7H,1-2H3. The molecular weight excluding hydrogens is 200 g/mol. The molecule has 1 heterocycles. The molecular formula is C8H8ClF2NO. The predicted molar refractivity (Wildman–Crippen MR) is 45.5 cm³/mol. The lowest BCUT2D eigenvalue weighted by Gasteiger charge is -2.07. The largest absolute Gasteiger partial charge is 0.480 e. The van der Waals surface area contributed by atoms with Gasteiger partial charge in [-0.1, -0.05) is 11.6 Å². The van der Waals surface area contributed by atoms with Crippen LogP contribution in [0.5, 0.6) is 5.88 Å². The summed E-state index contributed by atoms with van der Waals surface area (Å²) in [6, 6.07) is 1.17. The molecule has 0 unspecified atom stereocenters. The topological polar surface area (TPSA) is 22.1 Å². The molecule has 0 amide bonds. The number of methoxy groups -OCH3 is 1. The van der Waals surface area contributed by atoms with E-state index in [0.29, 0.717) is 0 Å². The molecule has 1 aromatic heterocycles. The van der Waals surface area contributed by atoms with Gasteiger partial charge in [-0.05, 0) is 13.0 Å². The van der Waals surface area contributed by atoms with Crippen molar-refractivity contribution >= 4 is 11.6 Å². The molecule has 0 spiro atoms. The summed E-state index contributed by atoms with van der Waals surface area (Å²) in [5.41, 5.74) is 0.0713. The maximum atomic E-state index is 12.3. The highest BCUT2D eigenvalue weighted by Crippen LogP contribution is 2.29. The molecule has 0 bridgehead atoms. The predicted octanol–water partition coefficient (Wildman–Crippen LogP) is 2.99. The number of pyridine rings is 1. The zero-order valence-corrected chi connectivity index (χ0v) is 7.90. The fourth-order valence-electron chi connectivity index (χ4n) is 0.937. The summed E-state index contributed by atoms with van der Waals surface area (Å²) in [6.45, 7) is 1.49. The van der Waals surface area contributed by atoms with Crippen molar-refractivity contribution in [3.8, 4) is 5.88 Å². The van der Waals surface area contributed by atoms with E-state index in [-0.39, 0.29) is 22.2 Å². The molecule has 0 aliphatic rings. The molecule has 0 N–H and O–H groups in total. The molecule has 0 aliphatic heterocycles. The van der Waals surface area contributed by atoms with E-state index in [0.717, 1.165) is 0 Å². The van der Waals surface area contributed by atoms with Gasteiger partial charge in [-0.25, -0.2) is 13.8 Å². The molecule has 0 saturated carbocycles. The normalized spacial score (nSPS) is 10.6. The van der Waals surface area contributed by atoms with Crippen molar-refractivity contribution in [3.05, 3.63) is 22.3 Å². The number of halogens is 3. The lowest BCUT2D eigenvalue weighted by Crippen LogP contribution is -1.97. The minimum absolute atomic E-state index is 0.100. The third kappa shape index (κ3) is 2.06. The zero-order valence-electron chi connectivity index (χ0n) is 7.14. The van der Waals surface area contributed by atoms with Gasteiger partial charge in [0.25, 0.3) is 6.43 Å². The van der Waals surface area contributed by atoms with Gasteiger partial charge in [0.05, 0.1) is 12.8 Å². The minimum atomic E-state index is -2.56. The summed E-state index contributed by atoms with van der Waals surface area (Å²) < 4.78 is 29.4. The number of hydrogen-bond donors (Lipinski definition) is 0. The second-order valence-electron chi connectivity index (χ2n) is 2.45. The Kier molecular flexibility index (Phi) is 3.03. The van der Waals surface area contributed by atoms with Crippen LogP contribution in [0.25, 0.3) is 0 Å². The van der Waals surface area contributed by atoms with Crippen molar-refractivity contribution in [2.24, 2.45) is 0 Å². The number of hydrogen-bond acceptors (Lipinski definition) is 2. The van der Waals surface area contributed by atoms with Crippen LogP contribution >= 0.6 is 11.6 Å². The van der Waals surface area contributed by atoms with Crippen molar-refractivity contribution in [2.45, 2.75) is 13.3 Å². The minimum Gasteiger partial charge on any atom is -0.480 e. The van der Waals surface area contributed by atoms with E-state index < -0.39 is 6.43 Å². The van der Waals surface area contributed by atoms with Crippen LogP contribution in [0.4, 0.5) is 8.78 Å². The number of aryl methyl sites for hydroxylation is 1. The van der Waals surface area contributed by atoms with Crippen LogP contribution in [-0.4, -0.2) is 12.1 Å². The van der Waals surface area contributed by atoms with Gasteiger partial charge in [-0.3, -0.25) is 0 Å². The summed E-state index contributed by atoms with van der Waals surface area (Å²) >= 11 is 5.62. The molecule has 0 aromatic carbocycles. The third-order valence-corrected chi connectivity index (χ3v) is 1.87. The van der Waals surface area contributed by atoms with E-state index in [9.17, 15) is 8.78 Å². The monoisotopic (exact) mass is 207 g/mol. The molecule has 1 rings (SSSR count). The zero-order chi connectivity index (χ0) is 10.0. The van der Waals surface area contributed by atoms with Gasteiger partial charge < -0.3 is 4.74 Å². The first-order valence-corrected chi connectivity index (χ1v) is 3.93. The molecule has 2 nitrogen and oxygen atoms in total. The van der Waals surface area contributed by atoms with Crippen molar-refractivity contribution in [3.63, 3.8) is 0 Å². The van der Waals surface area contributed by atoms with Crippen LogP contribution < -0.4 is 4.74 Å². The third-order valence-electron chi connectivity index (χ3n) is 1.60. The SMILES string of the molecule is COc1nc(C)c(C(F)F)cc1Cl. The van der Waals surface area contributed by atoms with Crippen LogP contribution in [-0.2, 0) is 0 Å². The van der Waals surface area contributed by atoms with Crippen LogP contribution in [0.15, 0.2) is 6.07 Å². The fourth-order valence-corrected chi connectivity index (χ4v) is 1.17. The molecule has 72 valence electrons. The second-order valence-corrected chi connectivity index (χ2v) is 2.86. The van der Waals surface area contributed by atoms with Gasteiger partial charge in [0.15, 0.2) is 0 Å². The highest BCUT2D eigenvalue weighted by atomic mass is 35.5. The van der Waals surface area contributed by atoms with E-state index in [4.69, 9.17) is 16.3 Å². The Morgan fingerprint density at radius 2 is 2.15 bits per heavy atom. The Morgan fingerprint density at radius 3 is 2.62 bits per heavy atom. The average Bonchev–Trinajstić information content (AvgIpc) is 2.07. The van der Waals surface area contributed by atoms with Gasteiger partial charge in [0.1, 0.15) is 5.02 Å². The van der Waals surface area contributed by atoms with Crippen LogP contribution in [0.2, 0.25) is 5.02 Å². The second kappa shape index (κ2) is 3.87. The smallest absolute Gasteiger partial charge is 0.265 e. The Bertz CT molecular complexity index is 317. The number of nitrogens with zero attached hydrogens (tertiary/aromatic N) is 1. The fraction of sp³-hybridized carbons (Fsp3) is 0.375. The van der Waals surface area contributed by atoms with Crippen LogP contribution in [0.3, 0.4) is 0 Å². The average molecular weight is 208 g/mol. The van der Waals surface area contributed by atoms with E-state index in [1.807, 2.05) is 0 Å². The van der Waals surface area contributed by atoms with Gasteiger partial charge in [-0.15, -0.1) is 0 Å². The van der Waals surface area contributed by atoms with Crippen molar-refractivity contribution in [2.75, 3.05) is 7.11 Å². The highest BCUT2D eigenvalue weighted by Gasteiger charge is 2.15. The Hall–Kier alpha value is -0.900. The number of rotatable bonds is 2. The van der Waals surface area contributed by atoms with Gasteiger partial charge in [-0.2, -0.15) is 0 Å². The van der Waals surface area contributed by atoms with E-state index in [1.54, 1.807) is 0 Å². The summed E-state index contributed by atoms with van der Waals surface area (Å²) in [6.07, 6.45) is -2.56. The lowest BCUT2D eigenvalue weighted by atomic mass is 10.2. The summed E-state index contributed by atoms with van der Waals surface area (Å²) in [7, 11) is 1.38. The number of aromatic nitrogens is 1. The molecule has 0 atom stereocenters. The molecule has 13 heavy (non-hydrogen) atoms. The van der Waals surface area contributed by atoms with E-state index in [2.05, 4.69) is 4.98 Å². The Labute approximate surface area is 79.5 Å². The van der Waals surface area contributed by atoms with E-state index >= 15 is 0 Å².